The zero-order valence-electron chi connectivity index (χ0n) is 17.0. The number of nitrogens with one attached hydrogen (secondary N) is 1. The number of methoxy groups -OCH3 is 1. The van der Waals surface area contributed by atoms with E-state index in [4.69, 9.17) is 14.5 Å². The highest BCUT2D eigenvalue weighted by molar-refractivity contribution is 5.84. The summed E-state index contributed by atoms with van der Waals surface area (Å²) in [5, 5.41) is 1.20. The Morgan fingerprint density at radius 3 is 2.77 bits per heavy atom. The summed E-state index contributed by atoms with van der Waals surface area (Å²) in [7, 11) is 1.64. The van der Waals surface area contributed by atoms with Crippen LogP contribution in [0, 0.1) is 0 Å². The molecule has 30 heavy (non-hydrogen) atoms. The van der Waals surface area contributed by atoms with Gasteiger partial charge >= 0.3 is 0 Å². The molecule has 5 aromatic rings. The molecule has 0 radical (unpaired) electrons. The van der Waals surface area contributed by atoms with Gasteiger partial charge in [-0.05, 0) is 59.3 Å². The van der Waals surface area contributed by atoms with Crippen molar-refractivity contribution in [3.63, 3.8) is 0 Å². The Labute approximate surface area is 174 Å². The van der Waals surface area contributed by atoms with E-state index in [0.717, 1.165) is 39.1 Å². The Morgan fingerprint density at radius 1 is 0.967 bits per heavy atom. The molecule has 150 valence electrons. The number of hydrogen-bond acceptors (Lipinski definition) is 3. The van der Waals surface area contributed by atoms with E-state index < -0.39 is 0 Å². The second-order valence-electron chi connectivity index (χ2n) is 7.40. The van der Waals surface area contributed by atoms with E-state index in [1.54, 1.807) is 7.11 Å². The first-order valence-corrected chi connectivity index (χ1v) is 9.99. The summed E-state index contributed by atoms with van der Waals surface area (Å²) in [5.41, 5.74) is 7.49. The van der Waals surface area contributed by atoms with E-state index in [1.165, 1.54) is 5.39 Å². The molecule has 0 fully saturated rings. The topological polar surface area (TPSA) is 51.5 Å². The maximum absolute atomic E-state index is 5.68. The van der Waals surface area contributed by atoms with Crippen LogP contribution in [0.3, 0.4) is 0 Å². The lowest BCUT2D eigenvalue weighted by Gasteiger charge is -2.11. The largest absolute Gasteiger partial charge is 0.361 e. The molecular formula is C25H23N3O2. The molecule has 0 saturated carbocycles. The van der Waals surface area contributed by atoms with Gasteiger partial charge in [-0.2, -0.15) is 0 Å². The quantitative estimate of drug-likeness (QED) is 0.376. The van der Waals surface area contributed by atoms with Gasteiger partial charge in [-0.15, -0.1) is 0 Å². The lowest BCUT2D eigenvalue weighted by atomic mass is 10.1. The van der Waals surface area contributed by atoms with Crippen LogP contribution < -0.4 is 0 Å². The zero-order chi connectivity index (χ0) is 20.5. The Morgan fingerprint density at radius 2 is 1.87 bits per heavy atom. The van der Waals surface area contributed by atoms with E-state index in [2.05, 4.69) is 82.4 Å². The number of hydrogen-bond donors (Lipinski definition) is 1. The van der Waals surface area contributed by atoms with Crippen LogP contribution >= 0.6 is 0 Å². The summed E-state index contributed by atoms with van der Waals surface area (Å²) < 4.78 is 12.9. The van der Waals surface area contributed by atoms with E-state index in [9.17, 15) is 0 Å². The molecule has 0 bridgehead atoms. The fourth-order valence-corrected chi connectivity index (χ4v) is 3.63. The number of fused-ring (bicyclic) bond motifs is 2. The molecular weight excluding hydrogens is 374 g/mol. The number of nitrogens with zero attached hydrogens (tertiary/aromatic N) is 2. The van der Waals surface area contributed by atoms with Gasteiger partial charge in [-0.3, -0.25) is 0 Å². The number of rotatable bonds is 6. The summed E-state index contributed by atoms with van der Waals surface area (Å²) in [4.78, 5) is 8.07. The molecule has 1 atom stereocenters. The van der Waals surface area contributed by atoms with Crippen molar-refractivity contribution in [3.8, 4) is 22.4 Å². The summed E-state index contributed by atoms with van der Waals surface area (Å²) in [5.74, 6) is 0. The van der Waals surface area contributed by atoms with Crippen molar-refractivity contribution in [2.24, 2.45) is 0 Å². The minimum Gasteiger partial charge on any atom is -0.361 e. The van der Waals surface area contributed by atoms with E-state index in [-0.39, 0.29) is 6.29 Å². The maximum atomic E-state index is 5.68. The predicted molar refractivity (Wildman–Crippen MR) is 119 cm³/mol. The predicted octanol–water partition coefficient (Wildman–Crippen LogP) is 5.66. The molecule has 5 heteroatoms. The van der Waals surface area contributed by atoms with Gasteiger partial charge in [0, 0.05) is 36.8 Å². The highest BCUT2D eigenvalue weighted by Gasteiger charge is 2.08. The molecule has 0 aliphatic carbocycles. The monoisotopic (exact) mass is 397 g/mol. The highest BCUT2D eigenvalue weighted by atomic mass is 16.7. The van der Waals surface area contributed by atoms with Crippen molar-refractivity contribution in [1.82, 2.24) is 14.4 Å². The molecule has 5 rings (SSSR count). The molecule has 3 heterocycles. The fraction of sp³-hybridized carbons (Fsp3) is 0.160. The average Bonchev–Trinajstić information content (AvgIpc) is 3.43. The molecule has 1 unspecified atom stereocenters. The lowest BCUT2D eigenvalue weighted by molar-refractivity contribution is -0.118. The zero-order valence-corrected chi connectivity index (χ0v) is 17.0. The smallest absolute Gasteiger partial charge is 0.154 e. The van der Waals surface area contributed by atoms with Gasteiger partial charge < -0.3 is 18.9 Å². The second kappa shape index (κ2) is 7.78. The normalized spacial score (nSPS) is 12.6. The first kappa shape index (κ1) is 18.6. The highest BCUT2D eigenvalue weighted by Crippen LogP contribution is 2.26. The Kier molecular flexibility index (Phi) is 4.83. The van der Waals surface area contributed by atoms with Crippen LogP contribution in [0.1, 0.15) is 12.5 Å². The summed E-state index contributed by atoms with van der Waals surface area (Å²) in [6, 6.07) is 21.0. The average molecular weight is 397 g/mol. The van der Waals surface area contributed by atoms with Crippen LogP contribution in [-0.4, -0.2) is 27.8 Å². The number of H-pyrrole nitrogens is 1. The van der Waals surface area contributed by atoms with Crippen LogP contribution in [0.25, 0.3) is 38.9 Å². The lowest BCUT2D eigenvalue weighted by Crippen LogP contribution is -2.09. The molecule has 0 spiro atoms. The van der Waals surface area contributed by atoms with Crippen molar-refractivity contribution < 1.29 is 9.47 Å². The minimum absolute atomic E-state index is 0.223. The van der Waals surface area contributed by atoms with Gasteiger partial charge in [-0.25, -0.2) is 4.98 Å². The van der Waals surface area contributed by atoms with Crippen LogP contribution in [0.2, 0.25) is 0 Å². The third-order valence-corrected chi connectivity index (χ3v) is 5.38. The molecule has 0 aliphatic rings. The van der Waals surface area contributed by atoms with E-state index in [1.807, 2.05) is 13.1 Å². The Balaban J connectivity index is 1.45. The second-order valence-corrected chi connectivity index (χ2v) is 7.40. The number of ether oxygens (including phenoxy) is 2. The van der Waals surface area contributed by atoms with Crippen LogP contribution in [-0.2, 0) is 16.1 Å². The van der Waals surface area contributed by atoms with Crippen molar-refractivity contribution in [3.05, 3.63) is 84.8 Å². The van der Waals surface area contributed by atoms with Gasteiger partial charge in [-0.1, -0.05) is 30.3 Å². The first-order valence-electron chi connectivity index (χ1n) is 9.99. The molecule has 0 aliphatic heterocycles. The number of aromatic amines is 1. The third-order valence-electron chi connectivity index (χ3n) is 5.38. The Hall–Kier alpha value is -3.41. The van der Waals surface area contributed by atoms with Gasteiger partial charge in [0.2, 0.25) is 0 Å². The van der Waals surface area contributed by atoms with E-state index in [0.29, 0.717) is 6.61 Å². The first-order chi connectivity index (χ1) is 14.7. The Bertz CT molecular complexity index is 1320. The number of imidazole rings is 1. The van der Waals surface area contributed by atoms with Crippen molar-refractivity contribution in [1.29, 1.82) is 0 Å². The van der Waals surface area contributed by atoms with Crippen molar-refractivity contribution in [2.45, 2.75) is 19.8 Å². The maximum Gasteiger partial charge on any atom is 0.154 e. The number of benzene rings is 2. The fourth-order valence-electron chi connectivity index (χ4n) is 3.63. The van der Waals surface area contributed by atoms with Crippen molar-refractivity contribution in [2.75, 3.05) is 7.11 Å². The molecule has 0 saturated heterocycles. The molecule has 1 N–H and O–H groups in total. The molecule has 5 nitrogen and oxygen atoms in total. The van der Waals surface area contributed by atoms with Crippen molar-refractivity contribution >= 4 is 16.6 Å². The SMILES string of the molecule is COC(C)OCc1cccc(-c2ccc3nc(-c4ccc5cc[nH]c5c4)cn3c2)c1. The number of aromatic nitrogens is 3. The summed E-state index contributed by atoms with van der Waals surface area (Å²) in [6.07, 6.45) is 5.94. The molecule has 3 aromatic heterocycles. The van der Waals surface area contributed by atoms with Gasteiger partial charge in [0.15, 0.2) is 6.29 Å². The standard InChI is InChI=1S/C25H23N3O2/c1-17(29-2)30-16-18-4-3-5-20(12-18)22-8-9-25-27-24(15-28(25)14-22)21-7-6-19-10-11-26-23(19)13-21/h3-15,17,26H,16H2,1-2H3. The van der Waals surface area contributed by atoms with Crippen LogP contribution in [0.15, 0.2) is 79.3 Å². The van der Waals surface area contributed by atoms with Crippen LogP contribution in [0.4, 0.5) is 0 Å². The number of pyridine rings is 1. The summed E-state index contributed by atoms with van der Waals surface area (Å²) >= 11 is 0. The van der Waals surface area contributed by atoms with Crippen LogP contribution in [0.5, 0.6) is 0 Å². The van der Waals surface area contributed by atoms with Gasteiger partial charge in [0.1, 0.15) is 5.65 Å². The molecule has 0 amide bonds. The third kappa shape index (κ3) is 3.61. The molecule has 2 aromatic carbocycles. The van der Waals surface area contributed by atoms with Gasteiger partial charge in [0.25, 0.3) is 0 Å². The van der Waals surface area contributed by atoms with E-state index >= 15 is 0 Å². The van der Waals surface area contributed by atoms with Gasteiger partial charge in [0.05, 0.1) is 12.3 Å². The minimum atomic E-state index is -0.223. The summed E-state index contributed by atoms with van der Waals surface area (Å²) in [6.45, 7) is 2.41.